The van der Waals surface area contributed by atoms with Crippen LogP contribution in [0.1, 0.15) is 18.3 Å². The smallest absolute Gasteiger partial charge is 0.321 e. The number of aromatic nitrogens is 3. The monoisotopic (exact) mass is 383 g/mol. The maximum atomic E-state index is 11.8. The van der Waals surface area contributed by atoms with Crippen molar-refractivity contribution in [3.63, 3.8) is 0 Å². The van der Waals surface area contributed by atoms with Gasteiger partial charge in [0.25, 0.3) is 0 Å². The van der Waals surface area contributed by atoms with Crippen molar-refractivity contribution in [1.29, 1.82) is 0 Å². The molecule has 0 saturated carbocycles. The van der Waals surface area contributed by atoms with Crippen LogP contribution in [-0.2, 0) is 11.4 Å². The van der Waals surface area contributed by atoms with Crippen molar-refractivity contribution in [3.8, 4) is 5.75 Å². The van der Waals surface area contributed by atoms with Crippen LogP contribution >= 0.6 is 23.4 Å². The number of H-pyrrole nitrogens is 1. The SMILES string of the molecule is CNC(=O)NC(=O)[C@H](C)Sc1n[nH]c(COc2ccc(Cl)c(C)c2)n1. The number of amides is 3. The maximum absolute atomic E-state index is 11.8. The van der Waals surface area contributed by atoms with Gasteiger partial charge < -0.3 is 10.1 Å². The van der Waals surface area contributed by atoms with Crippen molar-refractivity contribution >= 4 is 35.3 Å². The number of rotatable bonds is 6. The Hall–Kier alpha value is -2.26. The molecule has 0 aliphatic carbocycles. The van der Waals surface area contributed by atoms with Gasteiger partial charge >= 0.3 is 6.03 Å². The molecule has 0 bridgehead atoms. The average Bonchev–Trinajstić information content (AvgIpc) is 3.03. The molecule has 0 saturated heterocycles. The summed E-state index contributed by atoms with van der Waals surface area (Å²) in [5.41, 5.74) is 0.920. The number of nitrogens with one attached hydrogen (secondary N) is 3. The first-order valence-electron chi connectivity index (χ1n) is 7.38. The molecule has 25 heavy (non-hydrogen) atoms. The molecule has 0 aliphatic heterocycles. The highest BCUT2D eigenvalue weighted by molar-refractivity contribution is 8.00. The van der Waals surface area contributed by atoms with Crippen LogP contribution in [0.25, 0.3) is 0 Å². The quantitative estimate of drug-likeness (QED) is 0.660. The van der Waals surface area contributed by atoms with Crippen molar-refractivity contribution < 1.29 is 14.3 Å². The van der Waals surface area contributed by atoms with E-state index in [0.717, 1.165) is 17.3 Å². The molecule has 1 heterocycles. The molecule has 0 fully saturated rings. The normalized spacial score (nSPS) is 11.7. The molecule has 8 nitrogen and oxygen atoms in total. The lowest BCUT2D eigenvalue weighted by atomic mass is 10.2. The molecule has 0 spiro atoms. The van der Waals surface area contributed by atoms with Crippen molar-refractivity contribution in [2.45, 2.75) is 30.9 Å². The molecule has 1 aromatic heterocycles. The van der Waals surface area contributed by atoms with Crippen LogP contribution in [0.3, 0.4) is 0 Å². The third-order valence-corrected chi connectivity index (χ3v) is 4.52. The molecule has 134 valence electrons. The van der Waals surface area contributed by atoms with Gasteiger partial charge in [-0.05, 0) is 37.6 Å². The third-order valence-electron chi connectivity index (χ3n) is 3.13. The van der Waals surface area contributed by atoms with E-state index in [0.29, 0.717) is 21.8 Å². The molecule has 2 rings (SSSR count). The zero-order valence-electron chi connectivity index (χ0n) is 13.9. The number of thioether (sulfide) groups is 1. The number of ether oxygens (including phenoxy) is 1. The van der Waals surface area contributed by atoms with E-state index >= 15 is 0 Å². The average molecular weight is 384 g/mol. The largest absolute Gasteiger partial charge is 0.486 e. The fourth-order valence-electron chi connectivity index (χ4n) is 1.74. The lowest BCUT2D eigenvalue weighted by molar-refractivity contribution is -0.119. The Labute approximate surface area is 154 Å². The van der Waals surface area contributed by atoms with E-state index in [1.165, 1.54) is 7.05 Å². The molecule has 3 N–H and O–H groups in total. The predicted molar refractivity (Wildman–Crippen MR) is 94.8 cm³/mol. The number of carbonyl (C=O) groups excluding carboxylic acids is 2. The minimum absolute atomic E-state index is 0.202. The number of imide groups is 1. The second kappa shape index (κ2) is 8.72. The minimum Gasteiger partial charge on any atom is -0.486 e. The van der Waals surface area contributed by atoms with Crippen LogP contribution in [0.4, 0.5) is 4.79 Å². The zero-order valence-corrected chi connectivity index (χ0v) is 15.5. The lowest BCUT2D eigenvalue weighted by Crippen LogP contribution is -2.41. The number of aromatic amines is 1. The Morgan fingerprint density at radius 3 is 2.88 bits per heavy atom. The van der Waals surface area contributed by atoms with Gasteiger partial charge in [-0.25, -0.2) is 9.78 Å². The molecular weight excluding hydrogens is 366 g/mol. The van der Waals surface area contributed by atoms with Crippen molar-refractivity contribution in [1.82, 2.24) is 25.8 Å². The van der Waals surface area contributed by atoms with E-state index in [-0.39, 0.29) is 6.61 Å². The van der Waals surface area contributed by atoms with Gasteiger partial charge in [0, 0.05) is 12.1 Å². The van der Waals surface area contributed by atoms with E-state index in [1.807, 2.05) is 13.0 Å². The highest BCUT2D eigenvalue weighted by Crippen LogP contribution is 2.22. The molecule has 10 heteroatoms. The first-order chi connectivity index (χ1) is 11.9. The fourth-order valence-corrected chi connectivity index (χ4v) is 2.60. The fraction of sp³-hybridized carbons (Fsp3) is 0.333. The Morgan fingerprint density at radius 2 is 2.20 bits per heavy atom. The van der Waals surface area contributed by atoms with Gasteiger partial charge in [0.15, 0.2) is 5.82 Å². The highest BCUT2D eigenvalue weighted by atomic mass is 35.5. The van der Waals surface area contributed by atoms with Crippen LogP contribution in [0.15, 0.2) is 23.4 Å². The minimum atomic E-state index is -0.556. The van der Waals surface area contributed by atoms with Crippen molar-refractivity contribution in [2.24, 2.45) is 0 Å². The molecule has 3 amide bonds. The Bertz CT molecular complexity index is 767. The van der Waals surface area contributed by atoms with Crippen LogP contribution in [-0.4, -0.2) is 39.4 Å². The Kier molecular flexibility index (Phi) is 6.65. The number of halogens is 1. The van der Waals surface area contributed by atoms with Crippen LogP contribution in [0.5, 0.6) is 5.75 Å². The summed E-state index contributed by atoms with van der Waals surface area (Å²) in [5.74, 6) is 0.767. The number of aryl methyl sites for hydroxylation is 1. The van der Waals surface area contributed by atoms with E-state index in [1.54, 1.807) is 19.1 Å². The summed E-state index contributed by atoms with van der Waals surface area (Å²) in [7, 11) is 1.43. The topological polar surface area (TPSA) is 109 Å². The third kappa shape index (κ3) is 5.64. The summed E-state index contributed by atoms with van der Waals surface area (Å²) < 4.78 is 5.63. The predicted octanol–water partition coefficient (Wildman–Crippen LogP) is 2.28. The summed E-state index contributed by atoms with van der Waals surface area (Å²) in [6.07, 6.45) is 0. The number of carbonyl (C=O) groups is 2. The summed E-state index contributed by atoms with van der Waals surface area (Å²) in [5, 5.41) is 11.8. The molecule has 1 aromatic carbocycles. The van der Waals surface area contributed by atoms with Gasteiger partial charge in [0.05, 0.1) is 5.25 Å². The Morgan fingerprint density at radius 1 is 1.44 bits per heavy atom. The van der Waals surface area contributed by atoms with E-state index < -0.39 is 17.2 Å². The van der Waals surface area contributed by atoms with Gasteiger partial charge in [-0.1, -0.05) is 23.4 Å². The second-order valence-electron chi connectivity index (χ2n) is 5.09. The maximum Gasteiger partial charge on any atom is 0.321 e. The summed E-state index contributed by atoms with van der Waals surface area (Å²) in [6.45, 7) is 3.75. The molecule has 0 unspecified atom stereocenters. The van der Waals surface area contributed by atoms with Crippen LogP contribution in [0.2, 0.25) is 5.02 Å². The van der Waals surface area contributed by atoms with E-state index in [9.17, 15) is 9.59 Å². The van der Waals surface area contributed by atoms with Gasteiger partial charge in [-0.3, -0.25) is 15.2 Å². The van der Waals surface area contributed by atoms with Crippen molar-refractivity contribution in [3.05, 3.63) is 34.6 Å². The standard InChI is InChI=1S/C15H18ClN5O3S/c1-8-6-10(4-5-11(8)16)24-7-12-18-15(21-20-12)25-9(2)13(22)19-14(23)17-3/h4-6,9H,7H2,1-3H3,(H,18,20,21)(H2,17,19,22,23)/t9-/m0/s1. The number of benzene rings is 1. The van der Waals surface area contributed by atoms with Crippen LogP contribution in [0, 0.1) is 6.92 Å². The molecule has 0 radical (unpaired) electrons. The molecular formula is C15H18ClN5O3S. The molecule has 0 aliphatic rings. The summed E-state index contributed by atoms with van der Waals surface area (Å²) in [4.78, 5) is 27.2. The van der Waals surface area contributed by atoms with E-state index in [4.69, 9.17) is 16.3 Å². The summed E-state index contributed by atoms with van der Waals surface area (Å²) >= 11 is 7.10. The number of urea groups is 1. The molecule has 1 atom stereocenters. The van der Waals surface area contributed by atoms with Crippen LogP contribution < -0.4 is 15.4 Å². The number of hydrogen-bond donors (Lipinski definition) is 3. The van der Waals surface area contributed by atoms with Crippen molar-refractivity contribution in [2.75, 3.05) is 7.05 Å². The molecule has 2 aromatic rings. The highest BCUT2D eigenvalue weighted by Gasteiger charge is 2.18. The van der Waals surface area contributed by atoms with Gasteiger partial charge in [-0.15, -0.1) is 5.10 Å². The number of nitrogens with zero attached hydrogens (tertiary/aromatic N) is 2. The van der Waals surface area contributed by atoms with Gasteiger partial charge in [0.2, 0.25) is 11.1 Å². The zero-order chi connectivity index (χ0) is 18.4. The number of hydrogen-bond acceptors (Lipinski definition) is 6. The first kappa shape index (κ1) is 19.1. The first-order valence-corrected chi connectivity index (χ1v) is 8.64. The Balaban J connectivity index is 1.88. The second-order valence-corrected chi connectivity index (χ2v) is 6.81. The summed E-state index contributed by atoms with van der Waals surface area (Å²) in [6, 6.07) is 4.81. The lowest BCUT2D eigenvalue weighted by Gasteiger charge is -2.08. The van der Waals surface area contributed by atoms with Gasteiger partial charge in [-0.2, -0.15) is 0 Å². The van der Waals surface area contributed by atoms with E-state index in [2.05, 4.69) is 25.8 Å². The van der Waals surface area contributed by atoms with Gasteiger partial charge in [0.1, 0.15) is 12.4 Å².